The number of aromatic carboxylic acids is 1. The molecule has 0 aromatic carbocycles. The molecule has 0 spiro atoms. The molecule has 0 bridgehead atoms. The van der Waals surface area contributed by atoms with Gasteiger partial charge in [-0.15, -0.1) is 0 Å². The Bertz CT molecular complexity index is 659. The summed E-state index contributed by atoms with van der Waals surface area (Å²) in [5.41, 5.74) is -0.0711. The lowest BCUT2D eigenvalue weighted by Gasteiger charge is -2.18. The van der Waals surface area contributed by atoms with E-state index < -0.39 is 12.1 Å². The fourth-order valence-electron chi connectivity index (χ4n) is 3.80. The third-order valence-corrected chi connectivity index (χ3v) is 5.61. The van der Waals surface area contributed by atoms with Crippen LogP contribution in [0.2, 0.25) is 5.15 Å². The van der Waals surface area contributed by atoms with Crippen LogP contribution in [0.4, 0.5) is 5.82 Å². The van der Waals surface area contributed by atoms with E-state index in [1.54, 1.807) is 0 Å². The lowest BCUT2D eigenvalue weighted by Crippen LogP contribution is -2.31. The summed E-state index contributed by atoms with van der Waals surface area (Å²) in [7, 11) is 0. The summed E-state index contributed by atoms with van der Waals surface area (Å²) in [6.45, 7) is 1.11. The molecule has 1 aromatic heterocycles. The number of hydrogen-bond donors (Lipinski definition) is 1. The quantitative estimate of drug-likeness (QED) is 0.597. The minimum absolute atomic E-state index is 0.0711. The number of ether oxygens (including phenoxy) is 1. The molecule has 7 heteroatoms. The average Bonchev–Trinajstić information content (AvgIpc) is 2.81. The van der Waals surface area contributed by atoms with Crippen LogP contribution >= 0.6 is 11.6 Å². The molecule has 1 aromatic rings. The predicted molar refractivity (Wildman–Crippen MR) is 98.7 cm³/mol. The maximum Gasteiger partial charge on any atom is 0.338 e. The van der Waals surface area contributed by atoms with Gasteiger partial charge in [0.05, 0.1) is 5.56 Å². The summed E-state index contributed by atoms with van der Waals surface area (Å²) in [6.07, 6.45) is 9.01. The Morgan fingerprint density at radius 1 is 1.23 bits per heavy atom. The number of aromatic nitrogens is 1. The van der Waals surface area contributed by atoms with Crippen molar-refractivity contribution in [1.29, 1.82) is 0 Å². The van der Waals surface area contributed by atoms with Crippen LogP contribution in [0.15, 0.2) is 12.1 Å². The molecule has 0 radical (unpaired) electrons. The van der Waals surface area contributed by atoms with Crippen molar-refractivity contribution < 1.29 is 19.4 Å². The van der Waals surface area contributed by atoms with Crippen LogP contribution in [0.3, 0.4) is 0 Å². The van der Waals surface area contributed by atoms with Crippen LogP contribution in [-0.2, 0) is 9.53 Å². The Morgan fingerprint density at radius 2 is 1.96 bits per heavy atom. The number of carboxylic acid groups (broad SMARTS) is 1. The number of rotatable bonds is 6. The summed E-state index contributed by atoms with van der Waals surface area (Å²) in [6, 6.07) is 2.89. The van der Waals surface area contributed by atoms with Crippen LogP contribution in [0.5, 0.6) is 0 Å². The zero-order valence-corrected chi connectivity index (χ0v) is 15.6. The molecule has 142 valence electrons. The largest absolute Gasteiger partial charge is 0.478 e. The Hall–Kier alpha value is -1.66. The molecule has 2 aliphatic rings. The molecule has 1 unspecified atom stereocenters. The van der Waals surface area contributed by atoms with Gasteiger partial charge in [0.1, 0.15) is 17.1 Å². The minimum atomic E-state index is -1.14. The summed E-state index contributed by atoms with van der Waals surface area (Å²) in [5, 5.41) is 8.90. The summed E-state index contributed by atoms with van der Waals surface area (Å²) in [4.78, 5) is 29.2. The van der Waals surface area contributed by atoms with Gasteiger partial charge in [0.2, 0.25) is 0 Å². The zero-order chi connectivity index (χ0) is 18.5. The van der Waals surface area contributed by atoms with Crippen molar-refractivity contribution in [3.05, 3.63) is 22.8 Å². The number of halogens is 1. The topological polar surface area (TPSA) is 79.7 Å². The highest BCUT2D eigenvalue weighted by Crippen LogP contribution is 2.27. The fourth-order valence-corrected chi connectivity index (χ4v) is 4.03. The highest BCUT2D eigenvalue weighted by Gasteiger charge is 2.34. The second-order valence-electron chi connectivity index (χ2n) is 7.10. The SMILES string of the molecule is O=C(O)c1ccc(N2CCC(OCCC3CCCCCC3)C2=O)nc1Cl. The van der Waals surface area contributed by atoms with Crippen molar-refractivity contribution in [2.45, 2.75) is 57.5 Å². The number of anilines is 1. The minimum Gasteiger partial charge on any atom is -0.478 e. The highest BCUT2D eigenvalue weighted by molar-refractivity contribution is 6.32. The molecule has 26 heavy (non-hydrogen) atoms. The Kier molecular flexibility index (Phi) is 6.48. The first-order valence-electron chi connectivity index (χ1n) is 9.39. The third kappa shape index (κ3) is 4.54. The summed E-state index contributed by atoms with van der Waals surface area (Å²) < 4.78 is 5.86. The van der Waals surface area contributed by atoms with Crippen LogP contribution < -0.4 is 4.90 Å². The molecule has 3 rings (SSSR count). The van der Waals surface area contributed by atoms with Gasteiger partial charge in [-0.05, 0) is 24.5 Å². The Morgan fingerprint density at radius 3 is 2.62 bits per heavy atom. The third-order valence-electron chi connectivity index (χ3n) is 5.32. The van der Waals surface area contributed by atoms with Crippen LogP contribution in [0, 0.1) is 5.92 Å². The number of nitrogens with zero attached hydrogens (tertiary/aromatic N) is 2. The monoisotopic (exact) mass is 380 g/mol. The number of carboxylic acids is 1. The second kappa shape index (κ2) is 8.82. The molecule has 1 aliphatic heterocycles. The van der Waals surface area contributed by atoms with Crippen molar-refractivity contribution in [2.75, 3.05) is 18.1 Å². The van der Waals surface area contributed by atoms with Gasteiger partial charge in [-0.1, -0.05) is 50.1 Å². The number of pyridine rings is 1. The van der Waals surface area contributed by atoms with E-state index >= 15 is 0 Å². The van der Waals surface area contributed by atoms with Crippen LogP contribution in [0.25, 0.3) is 0 Å². The first-order valence-corrected chi connectivity index (χ1v) is 9.77. The van der Waals surface area contributed by atoms with Crippen LogP contribution in [0.1, 0.15) is 61.7 Å². The van der Waals surface area contributed by atoms with E-state index in [9.17, 15) is 9.59 Å². The lowest BCUT2D eigenvalue weighted by molar-refractivity contribution is -0.127. The first kappa shape index (κ1) is 19.1. The fraction of sp³-hybridized carbons (Fsp3) is 0.632. The average molecular weight is 381 g/mol. The van der Waals surface area contributed by atoms with Gasteiger partial charge in [0.25, 0.3) is 5.91 Å². The highest BCUT2D eigenvalue weighted by atomic mass is 35.5. The number of hydrogen-bond acceptors (Lipinski definition) is 4. The van der Waals surface area contributed by atoms with Crippen molar-refractivity contribution in [3.8, 4) is 0 Å². The molecule has 1 atom stereocenters. The number of carbonyl (C=O) groups excluding carboxylic acids is 1. The Balaban J connectivity index is 1.53. The van der Waals surface area contributed by atoms with Crippen molar-refractivity contribution in [1.82, 2.24) is 4.98 Å². The van der Waals surface area contributed by atoms with Gasteiger partial charge in [0, 0.05) is 19.6 Å². The van der Waals surface area contributed by atoms with E-state index in [1.807, 2.05) is 0 Å². The van der Waals surface area contributed by atoms with Crippen molar-refractivity contribution >= 4 is 29.3 Å². The lowest BCUT2D eigenvalue weighted by atomic mass is 9.97. The maximum atomic E-state index is 12.6. The van der Waals surface area contributed by atoms with E-state index in [-0.39, 0.29) is 16.6 Å². The standard InChI is InChI=1S/C19H25ClN2O4/c20-17-14(19(24)25)7-8-16(21-17)22-11-9-15(18(22)23)26-12-10-13-5-3-1-2-4-6-13/h7-8,13,15H,1-6,9-12H2,(H,24,25). The van der Waals surface area contributed by atoms with Gasteiger partial charge >= 0.3 is 5.97 Å². The van der Waals surface area contributed by atoms with Gasteiger partial charge in [0.15, 0.2) is 0 Å². The Labute approximate surface area is 158 Å². The smallest absolute Gasteiger partial charge is 0.338 e. The molecule has 1 amide bonds. The number of amides is 1. The first-order chi connectivity index (χ1) is 12.6. The van der Waals surface area contributed by atoms with E-state index in [2.05, 4.69) is 4.98 Å². The van der Waals surface area contributed by atoms with Crippen molar-refractivity contribution in [2.24, 2.45) is 5.92 Å². The molecular weight excluding hydrogens is 356 g/mol. The molecule has 1 N–H and O–H groups in total. The summed E-state index contributed by atoms with van der Waals surface area (Å²) in [5.74, 6) is -0.173. The molecule has 6 nitrogen and oxygen atoms in total. The molecule has 1 aliphatic carbocycles. The molecule has 2 heterocycles. The second-order valence-corrected chi connectivity index (χ2v) is 7.46. The van der Waals surface area contributed by atoms with Gasteiger partial charge in [-0.3, -0.25) is 9.69 Å². The molecular formula is C19H25ClN2O4. The predicted octanol–water partition coefficient (Wildman–Crippen LogP) is 3.92. The number of carbonyl (C=O) groups is 2. The van der Waals surface area contributed by atoms with E-state index in [0.717, 1.165) is 6.42 Å². The molecule has 1 saturated heterocycles. The van der Waals surface area contributed by atoms with E-state index in [4.69, 9.17) is 21.4 Å². The van der Waals surface area contributed by atoms with Crippen molar-refractivity contribution in [3.63, 3.8) is 0 Å². The van der Waals surface area contributed by atoms with E-state index in [1.165, 1.54) is 55.6 Å². The molecule has 1 saturated carbocycles. The van der Waals surface area contributed by atoms with E-state index in [0.29, 0.717) is 31.3 Å². The molecule has 2 fully saturated rings. The zero-order valence-electron chi connectivity index (χ0n) is 14.8. The van der Waals surface area contributed by atoms with Gasteiger partial charge < -0.3 is 9.84 Å². The van der Waals surface area contributed by atoms with Gasteiger partial charge in [-0.2, -0.15) is 0 Å². The normalized spacial score (nSPS) is 21.8. The van der Waals surface area contributed by atoms with Crippen LogP contribution in [-0.4, -0.2) is 41.2 Å². The summed E-state index contributed by atoms with van der Waals surface area (Å²) >= 11 is 5.91. The maximum absolute atomic E-state index is 12.6. The van der Waals surface area contributed by atoms with Gasteiger partial charge in [-0.25, -0.2) is 9.78 Å².